The third-order valence-corrected chi connectivity index (χ3v) is 4.03. The van der Waals surface area contributed by atoms with Crippen LogP contribution < -0.4 is 5.32 Å². The average molecular weight is 263 g/mol. The molecule has 0 heterocycles. The van der Waals surface area contributed by atoms with E-state index in [9.17, 15) is 9.90 Å². The second-order valence-electron chi connectivity index (χ2n) is 5.46. The molecule has 0 atom stereocenters. The average Bonchev–Trinajstić information content (AvgIpc) is 2.46. The normalized spacial score (nSPS) is 17.9. The van der Waals surface area contributed by atoms with Crippen LogP contribution in [0.25, 0.3) is 0 Å². The summed E-state index contributed by atoms with van der Waals surface area (Å²) in [6, 6.07) is 6.81. The van der Waals surface area contributed by atoms with Gasteiger partial charge in [-0.05, 0) is 31.0 Å². The van der Waals surface area contributed by atoms with Crippen LogP contribution in [0.5, 0.6) is 0 Å². The Kier molecular flexibility index (Phi) is 4.43. The molecule has 0 amide bonds. The van der Waals surface area contributed by atoms with Crippen LogP contribution in [-0.4, -0.2) is 29.3 Å². The fourth-order valence-corrected chi connectivity index (χ4v) is 2.74. The highest BCUT2D eigenvalue weighted by atomic mass is 16.4. The van der Waals surface area contributed by atoms with Crippen molar-refractivity contribution in [2.45, 2.75) is 32.1 Å². The SMILES string of the molecule is O=C(O)c1cccc(NCC2(CO)CCCCC2)c1. The summed E-state index contributed by atoms with van der Waals surface area (Å²) in [6.07, 6.45) is 5.65. The van der Waals surface area contributed by atoms with E-state index in [-0.39, 0.29) is 17.6 Å². The predicted octanol–water partition coefficient (Wildman–Crippen LogP) is 2.74. The second-order valence-corrected chi connectivity index (χ2v) is 5.46. The number of carboxylic acids is 1. The lowest BCUT2D eigenvalue weighted by molar-refractivity contribution is 0.0697. The molecule has 0 spiro atoms. The lowest BCUT2D eigenvalue weighted by atomic mass is 9.74. The van der Waals surface area contributed by atoms with Gasteiger partial charge in [-0.15, -0.1) is 0 Å². The maximum atomic E-state index is 10.9. The molecule has 1 aliphatic rings. The summed E-state index contributed by atoms with van der Waals surface area (Å²) in [6.45, 7) is 0.894. The van der Waals surface area contributed by atoms with E-state index < -0.39 is 5.97 Å². The Bertz CT molecular complexity index is 439. The van der Waals surface area contributed by atoms with Crippen LogP contribution in [0, 0.1) is 5.41 Å². The van der Waals surface area contributed by atoms with E-state index in [1.807, 2.05) is 6.07 Å². The second kappa shape index (κ2) is 6.06. The zero-order valence-electron chi connectivity index (χ0n) is 11.1. The Balaban J connectivity index is 2.00. The number of aliphatic hydroxyl groups is 1. The Hall–Kier alpha value is -1.55. The number of aromatic carboxylic acids is 1. The van der Waals surface area contributed by atoms with Crippen LogP contribution >= 0.6 is 0 Å². The van der Waals surface area contributed by atoms with Gasteiger partial charge in [-0.3, -0.25) is 0 Å². The number of rotatable bonds is 5. The van der Waals surface area contributed by atoms with Gasteiger partial charge in [-0.1, -0.05) is 25.3 Å². The van der Waals surface area contributed by atoms with E-state index in [1.165, 1.54) is 6.42 Å². The number of hydrogen-bond acceptors (Lipinski definition) is 3. The highest BCUT2D eigenvalue weighted by molar-refractivity contribution is 5.88. The van der Waals surface area contributed by atoms with Crippen LogP contribution in [0.4, 0.5) is 5.69 Å². The van der Waals surface area contributed by atoms with Gasteiger partial charge in [-0.25, -0.2) is 4.79 Å². The molecule has 1 aromatic rings. The van der Waals surface area contributed by atoms with Crippen LogP contribution in [0.2, 0.25) is 0 Å². The van der Waals surface area contributed by atoms with Crippen molar-refractivity contribution in [2.75, 3.05) is 18.5 Å². The molecule has 104 valence electrons. The molecule has 1 aliphatic carbocycles. The third kappa shape index (κ3) is 3.47. The van der Waals surface area contributed by atoms with Gasteiger partial charge in [0.1, 0.15) is 0 Å². The fraction of sp³-hybridized carbons (Fsp3) is 0.533. The predicted molar refractivity (Wildman–Crippen MR) is 74.5 cm³/mol. The molecule has 0 aromatic heterocycles. The van der Waals surface area contributed by atoms with Gasteiger partial charge in [-0.2, -0.15) is 0 Å². The zero-order valence-corrected chi connectivity index (χ0v) is 11.1. The van der Waals surface area contributed by atoms with Crippen LogP contribution in [0.15, 0.2) is 24.3 Å². The number of carbonyl (C=O) groups is 1. The molecule has 0 radical (unpaired) electrons. The van der Waals surface area contributed by atoms with Gasteiger partial charge in [0.15, 0.2) is 0 Å². The van der Waals surface area contributed by atoms with Crippen molar-refractivity contribution >= 4 is 11.7 Å². The molecule has 0 saturated heterocycles. The van der Waals surface area contributed by atoms with Crippen molar-refractivity contribution in [3.8, 4) is 0 Å². The van der Waals surface area contributed by atoms with Gasteiger partial charge >= 0.3 is 5.97 Å². The van der Waals surface area contributed by atoms with Gasteiger partial charge in [0.2, 0.25) is 0 Å². The first-order valence-electron chi connectivity index (χ1n) is 6.83. The summed E-state index contributed by atoms with van der Waals surface area (Å²) in [5.41, 5.74) is 1.04. The first-order valence-corrected chi connectivity index (χ1v) is 6.83. The van der Waals surface area contributed by atoms with E-state index >= 15 is 0 Å². The van der Waals surface area contributed by atoms with Gasteiger partial charge in [0, 0.05) is 17.6 Å². The summed E-state index contributed by atoms with van der Waals surface area (Å²) in [5.74, 6) is -0.918. The summed E-state index contributed by atoms with van der Waals surface area (Å²) >= 11 is 0. The fourth-order valence-electron chi connectivity index (χ4n) is 2.74. The minimum absolute atomic E-state index is 0.0442. The van der Waals surface area contributed by atoms with Crippen molar-refractivity contribution in [3.63, 3.8) is 0 Å². The Morgan fingerprint density at radius 3 is 2.63 bits per heavy atom. The maximum absolute atomic E-state index is 10.9. The molecule has 0 aliphatic heterocycles. The minimum atomic E-state index is -0.918. The third-order valence-electron chi connectivity index (χ3n) is 4.03. The highest BCUT2D eigenvalue weighted by Crippen LogP contribution is 2.36. The van der Waals surface area contributed by atoms with Crippen molar-refractivity contribution in [3.05, 3.63) is 29.8 Å². The van der Waals surface area contributed by atoms with Crippen LogP contribution in [-0.2, 0) is 0 Å². The molecule has 1 saturated carbocycles. The molecule has 0 unspecified atom stereocenters. The quantitative estimate of drug-likeness (QED) is 0.764. The van der Waals surface area contributed by atoms with E-state index in [1.54, 1.807) is 18.2 Å². The lowest BCUT2D eigenvalue weighted by Crippen LogP contribution is -2.35. The summed E-state index contributed by atoms with van der Waals surface area (Å²) in [5, 5.41) is 21.9. The van der Waals surface area contributed by atoms with Crippen molar-refractivity contribution in [1.29, 1.82) is 0 Å². The molecule has 4 nitrogen and oxygen atoms in total. The number of hydrogen-bond donors (Lipinski definition) is 3. The maximum Gasteiger partial charge on any atom is 0.335 e. The van der Waals surface area contributed by atoms with Crippen molar-refractivity contribution < 1.29 is 15.0 Å². The molecular weight excluding hydrogens is 242 g/mol. The Morgan fingerprint density at radius 1 is 1.26 bits per heavy atom. The topological polar surface area (TPSA) is 69.6 Å². The zero-order chi connectivity index (χ0) is 13.7. The summed E-state index contributed by atoms with van der Waals surface area (Å²) < 4.78 is 0. The lowest BCUT2D eigenvalue weighted by Gasteiger charge is -2.36. The molecule has 1 fully saturated rings. The number of carboxylic acid groups (broad SMARTS) is 1. The van der Waals surface area contributed by atoms with E-state index in [0.29, 0.717) is 6.54 Å². The minimum Gasteiger partial charge on any atom is -0.478 e. The van der Waals surface area contributed by atoms with Crippen molar-refractivity contribution in [1.82, 2.24) is 0 Å². The highest BCUT2D eigenvalue weighted by Gasteiger charge is 2.31. The molecule has 19 heavy (non-hydrogen) atoms. The number of nitrogens with one attached hydrogen (secondary N) is 1. The molecule has 0 bridgehead atoms. The summed E-state index contributed by atoms with van der Waals surface area (Å²) in [4.78, 5) is 10.9. The van der Waals surface area contributed by atoms with Crippen LogP contribution in [0.1, 0.15) is 42.5 Å². The largest absolute Gasteiger partial charge is 0.478 e. The van der Waals surface area contributed by atoms with Crippen LogP contribution in [0.3, 0.4) is 0 Å². The smallest absolute Gasteiger partial charge is 0.335 e. The Morgan fingerprint density at radius 2 is 2.00 bits per heavy atom. The number of aliphatic hydroxyl groups excluding tert-OH is 1. The molecule has 4 heteroatoms. The first kappa shape index (κ1) is 13.9. The molecule has 3 N–H and O–H groups in total. The summed E-state index contributed by atoms with van der Waals surface area (Å²) in [7, 11) is 0. The van der Waals surface area contributed by atoms with Gasteiger partial charge in [0.25, 0.3) is 0 Å². The van der Waals surface area contributed by atoms with Gasteiger partial charge in [0.05, 0.1) is 12.2 Å². The van der Waals surface area contributed by atoms with E-state index in [2.05, 4.69) is 5.32 Å². The molecule has 1 aromatic carbocycles. The van der Waals surface area contributed by atoms with E-state index in [4.69, 9.17) is 5.11 Å². The standard InChI is InChI=1S/C15H21NO3/c17-11-15(7-2-1-3-8-15)10-16-13-6-4-5-12(9-13)14(18)19/h4-6,9,16-17H,1-3,7-8,10-11H2,(H,18,19). The molecule has 2 rings (SSSR count). The first-order chi connectivity index (χ1) is 9.15. The Labute approximate surface area is 113 Å². The van der Waals surface area contributed by atoms with E-state index in [0.717, 1.165) is 31.4 Å². The van der Waals surface area contributed by atoms with Gasteiger partial charge < -0.3 is 15.5 Å². The number of anilines is 1. The monoisotopic (exact) mass is 263 g/mol. The van der Waals surface area contributed by atoms with Crippen molar-refractivity contribution in [2.24, 2.45) is 5.41 Å². The molecular formula is C15H21NO3. The number of benzene rings is 1.